The molecule has 2 N–H and O–H groups in total. The normalized spacial score (nSPS) is 19.4. The number of amides is 1. The third kappa shape index (κ3) is 1.06. The second-order valence-electron chi connectivity index (χ2n) is 1.55. The van der Waals surface area contributed by atoms with Crippen molar-refractivity contribution >= 4 is 22.8 Å². The van der Waals surface area contributed by atoms with Gasteiger partial charge in [-0.2, -0.15) is 0 Å². The van der Waals surface area contributed by atoms with E-state index >= 15 is 0 Å². The second-order valence-corrected chi connectivity index (χ2v) is 2.51. The highest BCUT2D eigenvalue weighted by atomic mass is 32.2. The average molecular weight is 145 g/mol. The van der Waals surface area contributed by atoms with E-state index in [-0.39, 0.29) is 11.1 Å². The molecule has 1 heterocycles. The maximum Gasteiger partial charge on any atom is 0.253 e. The third-order valence-corrected chi connectivity index (χ3v) is 1.86. The molecule has 1 aliphatic rings. The van der Waals surface area contributed by atoms with E-state index in [1.165, 1.54) is 16.8 Å². The van der Waals surface area contributed by atoms with Crippen molar-refractivity contribution in [3.63, 3.8) is 0 Å². The third-order valence-electron chi connectivity index (χ3n) is 1.01. The van der Waals surface area contributed by atoms with Crippen molar-refractivity contribution in [2.45, 2.75) is 0 Å². The Morgan fingerprint density at radius 1 is 1.89 bits per heavy atom. The van der Waals surface area contributed by atoms with Crippen molar-refractivity contribution in [2.24, 2.45) is 0 Å². The molecule has 0 aromatic heterocycles. The predicted molar refractivity (Wildman–Crippen MR) is 36.1 cm³/mol. The van der Waals surface area contributed by atoms with Crippen molar-refractivity contribution in [3.8, 4) is 0 Å². The van der Waals surface area contributed by atoms with Gasteiger partial charge in [0.25, 0.3) is 5.91 Å². The zero-order chi connectivity index (χ0) is 6.85. The van der Waals surface area contributed by atoms with Gasteiger partial charge >= 0.3 is 0 Å². The summed E-state index contributed by atoms with van der Waals surface area (Å²) >= 11 is 1.24. The maximum absolute atomic E-state index is 10.7. The summed E-state index contributed by atoms with van der Waals surface area (Å²) in [5, 5.41) is 8.65. The van der Waals surface area contributed by atoms with E-state index < -0.39 is 0 Å². The molecule has 1 aliphatic heterocycles. The van der Waals surface area contributed by atoms with E-state index in [1.54, 1.807) is 7.05 Å². The van der Waals surface area contributed by atoms with E-state index in [1.807, 2.05) is 0 Å². The monoisotopic (exact) mass is 145 g/mol. The molecule has 50 valence electrons. The van der Waals surface area contributed by atoms with Crippen LogP contribution in [0.3, 0.4) is 0 Å². The summed E-state index contributed by atoms with van der Waals surface area (Å²) in [7, 11) is 1.62. The van der Waals surface area contributed by atoms with Crippen LogP contribution < -0.4 is 5.43 Å². The number of thioether (sulfide) groups is 1. The highest BCUT2D eigenvalue weighted by Gasteiger charge is 2.25. The van der Waals surface area contributed by atoms with Crippen molar-refractivity contribution < 1.29 is 4.79 Å². The molecule has 1 rings (SSSR count). The minimum Gasteiger partial charge on any atom is -0.277 e. The molecule has 4 nitrogen and oxygen atoms in total. The zero-order valence-corrected chi connectivity index (χ0v) is 5.79. The largest absolute Gasteiger partial charge is 0.277 e. The standard InChI is InChI=1S/C4H7N3OS/c1-6-7-3(8)2-9-4(7)5/h5-6H,2H2,1H3. The van der Waals surface area contributed by atoms with E-state index in [0.29, 0.717) is 5.75 Å². The average Bonchev–Trinajstić information content (AvgIpc) is 2.12. The first-order valence-electron chi connectivity index (χ1n) is 2.47. The molecule has 0 radical (unpaired) electrons. The van der Waals surface area contributed by atoms with Gasteiger partial charge in [0.15, 0.2) is 5.17 Å². The van der Waals surface area contributed by atoms with Gasteiger partial charge < -0.3 is 0 Å². The number of hydrogen-bond acceptors (Lipinski definition) is 4. The lowest BCUT2D eigenvalue weighted by Crippen LogP contribution is -2.39. The molecule has 0 atom stereocenters. The highest BCUT2D eigenvalue weighted by molar-refractivity contribution is 8.14. The van der Waals surface area contributed by atoms with Crippen LogP contribution in [0, 0.1) is 5.41 Å². The number of hydrogen-bond donors (Lipinski definition) is 2. The summed E-state index contributed by atoms with van der Waals surface area (Å²) in [6.45, 7) is 0. The number of hydrazine groups is 1. The summed E-state index contributed by atoms with van der Waals surface area (Å²) in [6, 6.07) is 0. The van der Waals surface area contributed by atoms with E-state index in [0.717, 1.165) is 0 Å². The highest BCUT2D eigenvalue weighted by Crippen LogP contribution is 2.14. The van der Waals surface area contributed by atoms with Crippen molar-refractivity contribution in [1.29, 1.82) is 5.41 Å². The van der Waals surface area contributed by atoms with Gasteiger partial charge in [0.1, 0.15) is 0 Å². The minimum atomic E-state index is -0.0486. The molecule has 1 amide bonds. The molecule has 0 unspecified atom stereocenters. The Balaban J connectivity index is 2.66. The van der Waals surface area contributed by atoms with Crippen LogP contribution in [-0.2, 0) is 4.79 Å². The number of nitrogens with one attached hydrogen (secondary N) is 2. The summed E-state index contributed by atoms with van der Waals surface area (Å²) in [5.74, 6) is 0.340. The number of nitrogens with zero attached hydrogens (tertiary/aromatic N) is 1. The van der Waals surface area contributed by atoms with E-state index in [9.17, 15) is 4.79 Å². The lowest BCUT2D eigenvalue weighted by molar-refractivity contribution is -0.125. The molecule has 0 aromatic rings. The lowest BCUT2D eigenvalue weighted by atomic mass is 10.7. The van der Waals surface area contributed by atoms with Crippen LogP contribution >= 0.6 is 11.8 Å². The van der Waals surface area contributed by atoms with Gasteiger partial charge in [-0.1, -0.05) is 11.8 Å². The molecule has 0 spiro atoms. The Morgan fingerprint density at radius 2 is 2.56 bits per heavy atom. The fourth-order valence-electron chi connectivity index (χ4n) is 0.599. The number of carbonyl (C=O) groups is 1. The first-order chi connectivity index (χ1) is 4.25. The molecule has 5 heteroatoms. The molecule has 0 bridgehead atoms. The molecule has 0 aliphatic carbocycles. The van der Waals surface area contributed by atoms with Gasteiger partial charge in [0.2, 0.25) is 0 Å². The van der Waals surface area contributed by atoms with Gasteiger partial charge in [0, 0.05) is 7.05 Å². The van der Waals surface area contributed by atoms with Crippen LogP contribution in [0.2, 0.25) is 0 Å². The summed E-state index contributed by atoms with van der Waals surface area (Å²) in [4.78, 5) is 10.7. The quantitative estimate of drug-likeness (QED) is 0.529. The van der Waals surface area contributed by atoms with E-state index in [4.69, 9.17) is 5.41 Å². The van der Waals surface area contributed by atoms with Crippen LogP contribution in [0.25, 0.3) is 0 Å². The molecule has 0 saturated carbocycles. The fraction of sp³-hybridized carbons (Fsp3) is 0.500. The van der Waals surface area contributed by atoms with Crippen molar-refractivity contribution in [3.05, 3.63) is 0 Å². The van der Waals surface area contributed by atoms with Crippen LogP contribution in [0.4, 0.5) is 0 Å². The SMILES string of the molecule is CNN1C(=N)SCC1=O. The van der Waals surface area contributed by atoms with Gasteiger partial charge in [-0.25, -0.2) is 10.4 Å². The predicted octanol–water partition coefficient (Wildman–Crippen LogP) is -0.369. The summed E-state index contributed by atoms with van der Waals surface area (Å²) in [5.41, 5.74) is 2.60. The first kappa shape index (κ1) is 6.57. The lowest BCUT2D eigenvalue weighted by Gasteiger charge is -2.10. The van der Waals surface area contributed by atoms with Gasteiger partial charge in [-0.05, 0) is 0 Å². The topological polar surface area (TPSA) is 56.2 Å². The Hall–Kier alpha value is -0.550. The van der Waals surface area contributed by atoms with Gasteiger partial charge in [0.05, 0.1) is 5.75 Å². The maximum atomic E-state index is 10.7. The Morgan fingerprint density at radius 3 is 2.78 bits per heavy atom. The molecular weight excluding hydrogens is 138 g/mol. The minimum absolute atomic E-state index is 0.0486. The summed E-state index contributed by atoms with van der Waals surface area (Å²) in [6.07, 6.45) is 0. The molecule has 1 fully saturated rings. The number of amidine groups is 1. The smallest absolute Gasteiger partial charge is 0.253 e. The molecule has 9 heavy (non-hydrogen) atoms. The van der Waals surface area contributed by atoms with Crippen LogP contribution in [0.5, 0.6) is 0 Å². The van der Waals surface area contributed by atoms with Gasteiger partial charge in [-0.3, -0.25) is 10.2 Å². The zero-order valence-electron chi connectivity index (χ0n) is 4.97. The first-order valence-corrected chi connectivity index (χ1v) is 3.46. The Labute approximate surface area is 57.1 Å². The second kappa shape index (κ2) is 2.36. The molecule has 0 aromatic carbocycles. The van der Waals surface area contributed by atoms with Gasteiger partial charge in [-0.15, -0.1) is 0 Å². The van der Waals surface area contributed by atoms with E-state index in [2.05, 4.69) is 5.43 Å². The van der Waals surface area contributed by atoms with Crippen molar-refractivity contribution in [1.82, 2.24) is 10.4 Å². The summed E-state index contributed by atoms with van der Waals surface area (Å²) < 4.78 is 0. The molecular formula is C4H7N3OS. The number of rotatable bonds is 1. The van der Waals surface area contributed by atoms with Crippen LogP contribution in [0.1, 0.15) is 0 Å². The fourth-order valence-corrected chi connectivity index (χ4v) is 1.31. The van der Waals surface area contributed by atoms with Crippen LogP contribution in [-0.4, -0.2) is 28.9 Å². The Kier molecular flexibility index (Phi) is 1.73. The van der Waals surface area contributed by atoms with Crippen LogP contribution in [0.15, 0.2) is 0 Å². The molecule has 1 saturated heterocycles. The Bertz CT molecular complexity index is 142. The number of carbonyl (C=O) groups excluding carboxylic acids is 1. The van der Waals surface area contributed by atoms with Crippen molar-refractivity contribution in [2.75, 3.05) is 12.8 Å².